The Morgan fingerprint density at radius 3 is 2.86 bits per heavy atom. The van der Waals surface area contributed by atoms with Gasteiger partial charge in [-0.2, -0.15) is 4.98 Å². The molecule has 28 heavy (non-hydrogen) atoms. The third-order valence-corrected chi connectivity index (χ3v) is 5.92. The quantitative estimate of drug-likeness (QED) is 0.812. The van der Waals surface area contributed by atoms with Gasteiger partial charge in [0.1, 0.15) is 11.5 Å². The zero-order valence-electron chi connectivity index (χ0n) is 16.0. The molecule has 2 aliphatic heterocycles. The van der Waals surface area contributed by atoms with Crippen LogP contribution in [0.5, 0.6) is 0 Å². The van der Waals surface area contributed by atoms with Crippen molar-refractivity contribution in [1.29, 1.82) is 0 Å². The number of hydrogen-bond donors (Lipinski definition) is 0. The number of anilines is 2. The van der Waals surface area contributed by atoms with Gasteiger partial charge in [0.25, 0.3) is 0 Å². The Morgan fingerprint density at radius 2 is 2.07 bits per heavy atom. The highest BCUT2D eigenvalue weighted by Crippen LogP contribution is 2.36. The number of fused-ring (bicyclic) bond motifs is 1. The van der Waals surface area contributed by atoms with E-state index in [2.05, 4.69) is 20.9 Å². The standard InChI is InChI=1S/C20H24N6O2/c1-24-16-12-22-20(25-9-8-21-18(25)14-6-10-28-11-7-14)23-19(16)26(13-17(24)27)15-4-2-3-5-15/h6,8-9,12,15H,2-5,7,10-11,13H2,1H3. The van der Waals surface area contributed by atoms with Crippen molar-refractivity contribution in [3.63, 3.8) is 0 Å². The van der Waals surface area contributed by atoms with Crippen LogP contribution >= 0.6 is 0 Å². The number of hydrogen-bond acceptors (Lipinski definition) is 6. The van der Waals surface area contributed by atoms with Crippen molar-refractivity contribution in [3.8, 4) is 5.95 Å². The fraction of sp³-hybridized carbons (Fsp3) is 0.500. The van der Waals surface area contributed by atoms with Crippen LogP contribution < -0.4 is 9.80 Å². The summed E-state index contributed by atoms with van der Waals surface area (Å²) < 4.78 is 7.35. The minimum Gasteiger partial charge on any atom is -0.377 e. The van der Waals surface area contributed by atoms with Gasteiger partial charge in [-0.3, -0.25) is 9.36 Å². The lowest BCUT2D eigenvalue weighted by molar-refractivity contribution is -0.117. The van der Waals surface area contributed by atoms with Crippen LogP contribution in [0, 0.1) is 0 Å². The number of nitrogens with zero attached hydrogens (tertiary/aromatic N) is 6. The lowest BCUT2D eigenvalue weighted by Crippen LogP contribution is -2.48. The maximum atomic E-state index is 12.5. The Labute approximate surface area is 163 Å². The summed E-state index contributed by atoms with van der Waals surface area (Å²) in [6.45, 7) is 1.69. The zero-order valence-corrected chi connectivity index (χ0v) is 16.0. The summed E-state index contributed by atoms with van der Waals surface area (Å²) in [7, 11) is 1.80. The average Bonchev–Trinajstić information content (AvgIpc) is 3.43. The highest BCUT2D eigenvalue weighted by atomic mass is 16.5. The lowest BCUT2D eigenvalue weighted by Gasteiger charge is -2.37. The van der Waals surface area contributed by atoms with E-state index < -0.39 is 0 Å². The van der Waals surface area contributed by atoms with E-state index >= 15 is 0 Å². The van der Waals surface area contributed by atoms with Crippen LogP contribution in [0.3, 0.4) is 0 Å². The third-order valence-electron chi connectivity index (χ3n) is 5.92. The molecule has 0 atom stereocenters. The number of ether oxygens (including phenoxy) is 1. The van der Waals surface area contributed by atoms with Crippen LogP contribution in [0.4, 0.5) is 11.5 Å². The number of amides is 1. The summed E-state index contributed by atoms with van der Waals surface area (Å²) in [5, 5.41) is 0. The Kier molecular flexibility index (Phi) is 4.35. The van der Waals surface area contributed by atoms with Gasteiger partial charge in [-0.15, -0.1) is 0 Å². The van der Waals surface area contributed by atoms with Crippen molar-refractivity contribution in [3.05, 3.63) is 30.5 Å². The molecule has 1 aliphatic carbocycles. The Morgan fingerprint density at radius 1 is 1.21 bits per heavy atom. The maximum absolute atomic E-state index is 12.5. The van der Waals surface area contributed by atoms with Gasteiger partial charge in [-0.25, -0.2) is 9.97 Å². The molecular formula is C20H24N6O2. The summed E-state index contributed by atoms with van der Waals surface area (Å²) in [6.07, 6.45) is 13.0. The van der Waals surface area contributed by atoms with Crippen LogP contribution in [-0.4, -0.2) is 58.3 Å². The molecule has 3 aliphatic rings. The van der Waals surface area contributed by atoms with E-state index in [4.69, 9.17) is 9.72 Å². The molecule has 5 rings (SSSR count). The first kappa shape index (κ1) is 17.4. The van der Waals surface area contributed by atoms with E-state index in [0.29, 0.717) is 31.7 Å². The van der Waals surface area contributed by atoms with Crippen molar-refractivity contribution in [2.45, 2.75) is 38.1 Å². The highest BCUT2D eigenvalue weighted by Gasteiger charge is 2.34. The Balaban J connectivity index is 1.57. The molecule has 0 N–H and O–H groups in total. The Bertz CT molecular complexity index is 931. The lowest BCUT2D eigenvalue weighted by atomic mass is 10.1. The maximum Gasteiger partial charge on any atom is 0.246 e. The van der Waals surface area contributed by atoms with Gasteiger partial charge in [0.2, 0.25) is 11.9 Å². The van der Waals surface area contributed by atoms with Gasteiger partial charge in [0.05, 0.1) is 26.0 Å². The van der Waals surface area contributed by atoms with Gasteiger partial charge >= 0.3 is 0 Å². The van der Waals surface area contributed by atoms with Crippen molar-refractivity contribution >= 4 is 23.0 Å². The van der Waals surface area contributed by atoms with Crippen LogP contribution in [0.2, 0.25) is 0 Å². The van der Waals surface area contributed by atoms with Crippen molar-refractivity contribution in [2.24, 2.45) is 0 Å². The summed E-state index contributed by atoms with van der Waals surface area (Å²) in [5.74, 6) is 2.38. The van der Waals surface area contributed by atoms with Gasteiger partial charge in [-0.1, -0.05) is 18.9 Å². The molecule has 1 saturated carbocycles. The third kappa shape index (κ3) is 2.88. The second-order valence-electron chi connectivity index (χ2n) is 7.57. The number of carbonyl (C=O) groups is 1. The topological polar surface area (TPSA) is 76.4 Å². The summed E-state index contributed by atoms with van der Waals surface area (Å²) in [4.78, 5) is 30.3. The summed E-state index contributed by atoms with van der Waals surface area (Å²) >= 11 is 0. The molecule has 0 radical (unpaired) electrons. The first-order valence-corrected chi connectivity index (χ1v) is 9.93. The van der Waals surface area contributed by atoms with Gasteiger partial charge < -0.3 is 14.5 Å². The molecule has 0 saturated heterocycles. The average molecular weight is 380 g/mol. The largest absolute Gasteiger partial charge is 0.377 e. The second kappa shape index (κ2) is 7.01. The number of carbonyl (C=O) groups excluding carboxylic acids is 1. The molecular weight excluding hydrogens is 356 g/mol. The minimum absolute atomic E-state index is 0.0893. The van der Waals surface area contributed by atoms with E-state index in [9.17, 15) is 4.79 Å². The van der Waals surface area contributed by atoms with Gasteiger partial charge in [0.15, 0.2) is 5.82 Å². The van der Waals surface area contributed by atoms with Crippen LogP contribution in [0.25, 0.3) is 11.5 Å². The molecule has 0 aromatic carbocycles. The predicted molar refractivity (Wildman–Crippen MR) is 106 cm³/mol. The molecule has 0 bridgehead atoms. The van der Waals surface area contributed by atoms with Gasteiger partial charge in [-0.05, 0) is 24.8 Å². The Hall–Kier alpha value is -2.74. The highest BCUT2D eigenvalue weighted by molar-refractivity contribution is 6.01. The van der Waals surface area contributed by atoms with Crippen molar-refractivity contribution in [1.82, 2.24) is 19.5 Å². The number of rotatable bonds is 3. The van der Waals surface area contributed by atoms with E-state index in [-0.39, 0.29) is 5.91 Å². The molecule has 1 fully saturated rings. The van der Waals surface area contributed by atoms with Crippen LogP contribution in [-0.2, 0) is 9.53 Å². The number of likely N-dealkylation sites (N-methyl/N-ethyl adjacent to an activating group) is 1. The molecule has 2 aromatic rings. The first-order chi connectivity index (χ1) is 13.7. The molecule has 146 valence electrons. The van der Waals surface area contributed by atoms with E-state index in [1.165, 1.54) is 12.8 Å². The number of imidazole rings is 1. The molecule has 0 spiro atoms. The molecule has 4 heterocycles. The molecule has 1 amide bonds. The zero-order chi connectivity index (χ0) is 19.1. The van der Waals surface area contributed by atoms with Crippen molar-refractivity contribution < 1.29 is 9.53 Å². The SMILES string of the molecule is CN1C(=O)CN(C2CCCC2)c2nc(-n3ccnc3C3=CCOCC3)ncc21. The molecule has 8 heteroatoms. The normalized spacial score (nSPS) is 20.5. The first-order valence-electron chi connectivity index (χ1n) is 9.93. The smallest absolute Gasteiger partial charge is 0.246 e. The number of aromatic nitrogens is 4. The predicted octanol–water partition coefficient (Wildman–Crippen LogP) is 2.19. The minimum atomic E-state index is 0.0893. The van der Waals surface area contributed by atoms with E-state index in [1.807, 2.05) is 10.8 Å². The monoisotopic (exact) mass is 380 g/mol. The fourth-order valence-corrected chi connectivity index (χ4v) is 4.33. The molecule has 2 aromatic heterocycles. The van der Waals surface area contributed by atoms with E-state index in [0.717, 1.165) is 42.2 Å². The second-order valence-corrected chi connectivity index (χ2v) is 7.57. The van der Waals surface area contributed by atoms with E-state index in [1.54, 1.807) is 24.3 Å². The fourth-order valence-electron chi connectivity index (χ4n) is 4.33. The van der Waals surface area contributed by atoms with Crippen LogP contribution in [0.15, 0.2) is 24.7 Å². The van der Waals surface area contributed by atoms with Gasteiger partial charge in [0, 0.05) is 25.5 Å². The molecule has 8 nitrogen and oxygen atoms in total. The van der Waals surface area contributed by atoms with Crippen LogP contribution in [0.1, 0.15) is 37.9 Å². The molecule has 0 unspecified atom stereocenters. The summed E-state index contributed by atoms with van der Waals surface area (Å²) in [5.41, 5.74) is 1.93. The summed E-state index contributed by atoms with van der Waals surface area (Å²) in [6, 6.07) is 0.375. The van der Waals surface area contributed by atoms with Crippen molar-refractivity contribution in [2.75, 3.05) is 36.6 Å².